The lowest BCUT2D eigenvalue weighted by Crippen LogP contribution is -2.58. The zero-order chi connectivity index (χ0) is 20.7. The first-order valence-electron chi connectivity index (χ1n) is 9.84. The molecule has 1 atom stereocenters. The van der Waals surface area contributed by atoms with Gasteiger partial charge in [-0.3, -0.25) is 5.10 Å². The second-order valence-corrected chi connectivity index (χ2v) is 7.90. The molecule has 1 aromatic carbocycles. The molecule has 0 amide bonds. The number of rotatable bonds is 4. The quantitative estimate of drug-likeness (QED) is 0.534. The highest BCUT2D eigenvalue weighted by Gasteiger charge is 2.33. The minimum Gasteiger partial charge on any atom is -0.337 e. The van der Waals surface area contributed by atoms with E-state index in [1.807, 2.05) is 29.3 Å². The van der Waals surface area contributed by atoms with Crippen LogP contribution in [0.1, 0.15) is 13.8 Å². The summed E-state index contributed by atoms with van der Waals surface area (Å²) in [5, 5.41) is 24.4. The van der Waals surface area contributed by atoms with E-state index in [-0.39, 0.29) is 6.04 Å². The molecule has 1 saturated heterocycles. The Kier molecular flexibility index (Phi) is 4.43. The Morgan fingerprint density at radius 1 is 1.20 bits per heavy atom. The lowest BCUT2D eigenvalue weighted by molar-refractivity contribution is 0.143. The van der Waals surface area contributed by atoms with Crippen LogP contribution in [-0.4, -0.2) is 66.5 Å². The maximum absolute atomic E-state index is 14.3. The van der Waals surface area contributed by atoms with Crippen LogP contribution < -0.4 is 10.2 Å². The van der Waals surface area contributed by atoms with Crippen molar-refractivity contribution in [3.63, 3.8) is 0 Å². The summed E-state index contributed by atoms with van der Waals surface area (Å²) < 4.78 is 16.1. The first kappa shape index (κ1) is 18.6. The van der Waals surface area contributed by atoms with Crippen LogP contribution in [0.15, 0.2) is 43.0 Å². The van der Waals surface area contributed by atoms with Crippen LogP contribution in [0.3, 0.4) is 0 Å². The van der Waals surface area contributed by atoms with Gasteiger partial charge in [-0.2, -0.15) is 10.2 Å². The molecular formula is C20H22FN9. The largest absolute Gasteiger partial charge is 0.337 e. The average molecular weight is 407 g/mol. The number of fused-ring (bicyclic) bond motifs is 1. The highest BCUT2D eigenvalue weighted by Crippen LogP contribution is 2.30. The van der Waals surface area contributed by atoms with Crippen LogP contribution in [0.5, 0.6) is 0 Å². The molecule has 1 aliphatic heterocycles. The van der Waals surface area contributed by atoms with E-state index >= 15 is 0 Å². The summed E-state index contributed by atoms with van der Waals surface area (Å²) in [5.74, 6) is 0.506. The normalized spacial score (nSPS) is 17.6. The van der Waals surface area contributed by atoms with E-state index in [4.69, 9.17) is 0 Å². The van der Waals surface area contributed by atoms with E-state index in [1.54, 1.807) is 37.1 Å². The number of aromatic amines is 1. The Morgan fingerprint density at radius 3 is 2.83 bits per heavy atom. The topological polar surface area (TPSA) is 100 Å². The van der Waals surface area contributed by atoms with Gasteiger partial charge in [-0.05, 0) is 32.0 Å². The predicted molar refractivity (Wildman–Crippen MR) is 111 cm³/mol. The molecule has 9 nitrogen and oxygen atoms in total. The molecule has 10 heteroatoms. The van der Waals surface area contributed by atoms with E-state index in [2.05, 4.69) is 35.8 Å². The van der Waals surface area contributed by atoms with Gasteiger partial charge in [0.05, 0.1) is 29.6 Å². The van der Waals surface area contributed by atoms with Crippen molar-refractivity contribution in [2.45, 2.75) is 25.6 Å². The van der Waals surface area contributed by atoms with E-state index in [1.165, 1.54) is 0 Å². The van der Waals surface area contributed by atoms with E-state index in [9.17, 15) is 4.39 Å². The van der Waals surface area contributed by atoms with Crippen molar-refractivity contribution < 1.29 is 4.39 Å². The van der Waals surface area contributed by atoms with Crippen molar-refractivity contribution in [1.29, 1.82) is 0 Å². The molecule has 4 aromatic rings. The average Bonchev–Trinajstić information content (AvgIpc) is 3.45. The highest BCUT2D eigenvalue weighted by molar-refractivity contribution is 5.97. The van der Waals surface area contributed by atoms with Gasteiger partial charge in [0.25, 0.3) is 0 Å². The number of H-pyrrole nitrogens is 1. The Balaban J connectivity index is 1.45. The number of anilines is 1. The van der Waals surface area contributed by atoms with Crippen molar-refractivity contribution in [3.05, 3.63) is 43.0 Å². The lowest BCUT2D eigenvalue weighted by Gasteiger charge is -2.38. The molecule has 5 rings (SSSR count). The molecule has 0 radical (unpaired) electrons. The summed E-state index contributed by atoms with van der Waals surface area (Å²) in [7, 11) is 0. The molecule has 4 heterocycles. The van der Waals surface area contributed by atoms with Gasteiger partial charge in [0.15, 0.2) is 0 Å². The minimum atomic E-state index is -1.32. The van der Waals surface area contributed by atoms with Crippen LogP contribution >= 0.6 is 0 Å². The second kappa shape index (κ2) is 7.13. The van der Waals surface area contributed by atoms with Gasteiger partial charge >= 0.3 is 0 Å². The van der Waals surface area contributed by atoms with Gasteiger partial charge in [0, 0.05) is 43.0 Å². The molecule has 154 valence electrons. The van der Waals surface area contributed by atoms with E-state index in [0.717, 1.165) is 22.2 Å². The first-order valence-corrected chi connectivity index (χ1v) is 9.84. The van der Waals surface area contributed by atoms with E-state index in [0.29, 0.717) is 31.3 Å². The van der Waals surface area contributed by atoms with Gasteiger partial charge in [-0.1, -0.05) is 0 Å². The third kappa shape index (κ3) is 3.28. The van der Waals surface area contributed by atoms with Crippen molar-refractivity contribution in [2.75, 3.05) is 24.5 Å². The predicted octanol–water partition coefficient (Wildman–Crippen LogP) is 2.13. The third-order valence-electron chi connectivity index (χ3n) is 5.46. The molecule has 0 saturated carbocycles. The Bertz CT molecular complexity index is 1150. The van der Waals surface area contributed by atoms with Gasteiger partial charge in [-0.15, -0.1) is 10.2 Å². The number of hydrogen-bond donors (Lipinski definition) is 2. The van der Waals surface area contributed by atoms with Crippen LogP contribution in [0, 0.1) is 0 Å². The molecule has 0 aliphatic carbocycles. The number of halogens is 1. The third-order valence-corrected chi connectivity index (χ3v) is 5.46. The van der Waals surface area contributed by atoms with Gasteiger partial charge in [0.2, 0.25) is 5.95 Å². The van der Waals surface area contributed by atoms with Crippen molar-refractivity contribution in [3.8, 4) is 16.9 Å². The zero-order valence-electron chi connectivity index (χ0n) is 16.7. The molecule has 0 bridgehead atoms. The van der Waals surface area contributed by atoms with Gasteiger partial charge in [-0.25, -0.2) is 14.1 Å². The minimum absolute atomic E-state index is 0.282. The maximum Gasteiger partial charge on any atom is 0.245 e. The Hall–Kier alpha value is -3.40. The standard InChI is InChI=1S/C20H22FN9/c1-20(2,21)17-12-29(9-7-22-17)19-23-11-15(26-28-19)13-4-5-16(30-8-3-6-25-30)18-14(13)10-24-27-18/h3-6,8,10-11,17,22H,7,9,12H2,1-2H3,(H,24,27)/t17-/m0/s1. The fourth-order valence-corrected chi connectivity index (χ4v) is 3.78. The van der Waals surface area contributed by atoms with E-state index < -0.39 is 5.67 Å². The summed E-state index contributed by atoms with van der Waals surface area (Å²) in [4.78, 5) is 6.48. The Morgan fingerprint density at radius 2 is 2.10 bits per heavy atom. The number of nitrogens with one attached hydrogen (secondary N) is 2. The number of hydrogen-bond acceptors (Lipinski definition) is 7. The molecule has 0 spiro atoms. The fourth-order valence-electron chi connectivity index (χ4n) is 3.78. The first-order chi connectivity index (χ1) is 14.5. The number of nitrogens with zero attached hydrogens (tertiary/aromatic N) is 7. The summed E-state index contributed by atoms with van der Waals surface area (Å²) in [5.41, 5.74) is 1.96. The van der Waals surface area contributed by atoms with Crippen molar-refractivity contribution >= 4 is 16.9 Å². The molecule has 1 fully saturated rings. The summed E-state index contributed by atoms with van der Waals surface area (Å²) in [6.07, 6.45) is 7.08. The number of alkyl halides is 1. The highest BCUT2D eigenvalue weighted by atomic mass is 19.1. The SMILES string of the molecule is CC(C)(F)[C@@H]1CN(c2ncc(-c3ccc(-n4cccn4)c4[nH]ncc34)nn2)CCN1. The summed E-state index contributed by atoms with van der Waals surface area (Å²) in [6.45, 7) is 5.04. The van der Waals surface area contributed by atoms with Crippen LogP contribution in [0.4, 0.5) is 10.3 Å². The molecule has 30 heavy (non-hydrogen) atoms. The van der Waals surface area contributed by atoms with Gasteiger partial charge in [0.1, 0.15) is 11.4 Å². The molecule has 0 unspecified atom stereocenters. The van der Waals surface area contributed by atoms with Crippen LogP contribution in [0.25, 0.3) is 27.8 Å². The monoisotopic (exact) mass is 407 g/mol. The summed E-state index contributed by atoms with van der Waals surface area (Å²) in [6, 6.07) is 5.51. The Labute approximate surface area is 172 Å². The van der Waals surface area contributed by atoms with Crippen molar-refractivity contribution in [1.82, 2.24) is 40.5 Å². The lowest BCUT2D eigenvalue weighted by atomic mass is 9.99. The second-order valence-electron chi connectivity index (χ2n) is 7.90. The number of benzene rings is 1. The fraction of sp³-hybridized carbons (Fsp3) is 0.350. The molecule has 1 aliphatic rings. The van der Waals surface area contributed by atoms with Crippen LogP contribution in [0.2, 0.25) is 0 Å². The molecule has 2 N–H and O–H groups in total. The smallest absolute Gasteiger partial charge is 0.245 e. The molecule has 3 aromatic heterocycles. The van der Waals surface area contributed by atoms with Crippen LogP contribution in [-0.2, 0) is 0 Å². The zero-order valence-corrected chi connectivity index (χ0v) is 16.7. The van der Waals surface area contributed by atoms with Gasteiger partial charge < -0.3 is 10.2 Å². The summed E-state index contributed by atoms with van der Waals surface area (Å²) >= 11 is 0. The number of aromatic nitrogens is 7. The molecular weight excluding hydrogens is 385 g/mol. The maximum atomic E-state index is 14.3. The number of piperazine rings is 1. The van der Waals surface area contributed by atoms with Crippen molar-refractivity contribution in [2.24, 2.45) is 0 Å².